The fraction of sp³-hybridized carbons (Fsp3) is 0.263. The van der Waals surface area contributed by atoms with Crippen molar-refractivity contribution in [3.05, 3.63) is 70.1 Å². The van der Waals surface area contributed by atoms with E-state index in [1.807, 2.05) is 28.9 Å². The lowest BCUT2D eigenvalue weighted by molar-refractivity contribution is -0.138. The molecule has 0 unspecified atom stereocenters. The van der Waals surface area contributed by atoms with Gasteiger partial charge in [0.15, 0.2) is 0 Å². The number of fused-ring (bicyclic) bond motifs is 1. The molecule has 1 saturated carbocycles. The van der Waals surface area contributed by atoms with E-state index in [9.17, 15) is 18.0 Å². The Balaban J connectivity index is 1.42. The first-order valence-electron chi connectivity index (χ1n) is 8.40. The van der Waals surface area contributed by atoms with Gasteiger partial charge >= 0.3 is 6.18 Å². The standard InChI is InChI=1S/C19H15BrF3N3O/c20-11-5-6-17-25-12(10-26(17)9-11)8-24-18(27)15-7-14(15)13-3-1-2-4-16(13)19(21,22)23/h1-6,9-10,14-15H,7-8H2,(H,24,27)/t14-,15+/m0/s1. The van der Waals surface area contributed by atoms with Crippen LogP contribution in [0, 0.1) is 5.92 Å². The number of alkyl halides is 3. The third-order valence-corrected chi connectivity index (χ3v) is 5.17. The van der Waals surface area contributed by atoms with E-state index in [1.165, 1.54) is 12.1 Å². The quantitative estimate of drug-likeness (QED) is 0.651. The molecule has 4 rings (SSSR count). The van der Waals surface area contributed by atoms with Crippen molar-refractivity contribution in [1.82, 2.24) is 14.7 Å². The van der Waals surface area contributed by atoms with E-state index >= 15 is 0 Å². The van der Waals surface area contributed by atoms with Crippen LogP contribution >= 0.6 is 15.9 Å². The molecule has 1 aromatic carbocycles. The van der Waals surface area contributed by atoms with Crippen LogP contribution in [-0.4, -0.2) is 15.3 Å². The zero-order valence-electron chi connectivity index (χ0n) is 14.0. The molecule has 1 aliphatic carbocycles. The molecule has 0 bridgehead atoms. The molecule has 8 heteroatoms. The number of nitrogens with zero attached hydrogens (tertiary/aromatic N) is 2. The predicted molar refractivity (Wildman–Crippen MR) is 97.0 cm³/mol. The number of imidazole rings is 1. The van der Waals surface area contributed by atoms with Gasteiger partial charge in [0.05, 0.1) is 17.8 Å². The van der Waals surface area contributed by atoms with Gasteiger partial charge in [-0.05, 0) is 52.0 Å². The van der Waals surface area contributed by atoms with Crippen molar-refractivity contribution in [1.29, 1.82) is 0 Å². The topological polar surface area (TPSA) is 46.4 Å². The maximum atomic E-state index is 13.1. The van der Waals surface area contributed by atoms with Crippen molar-refractivity contribution in [3.63, 3.8) is 0 Å². The zero-order valence-corrected chi connectivity index (χ0v) is 15.6. The van der Waals surface area contributed by atoms with Crippen LogP contribution in [0.25, 0.3) is 5.65 Å². The highest BCUT2D eigenvalue weighted by Gasteiger charge is 2.47. The maximum absolute atomic E-state index is 13.1. The van der Waals surface area contributed by atoms with E-state index in [0.29, 0.717) is 12.1 Å². The van der Waals surface area contributed by atoms with Crippen molar-refractivity contribution < 1.29 is 18.0 Å². The van der Waals surface area contributed by atoms with Crippen LogP contribution in [0.15, 0.2) is 53.3 Å². The Bertz CT molecular complexity index is 1010. The Morgan fingerprint density at radius 1 is 1.22 bits per heavy atom. The minimum Gasteiger partial charge on any atom is -0.350 e. The Morgan fingerprint density at radius 3 is 2.78 bits per heavy atom. The second kappa shape index (κ2) is 6.67. The number of pyridine rings is 1. The summed E-state index contributed by atoms with van der Waals surface area (Å²) in [5, 5.41) is 2.79. The van der Waals surface area contributed by atoms with E-state index < -0.39 is 17.7 Å². The Labute approximate surface area is 161 Å². The number of halogens is 4. The van der Waals surface area contributed by atoms with Gasteiger partial charge in [0.25, 0.3) is 0 Å². The molecule has 1 N–H and O–H groups in total. The van der Waals surface area contributed by atoms with E-state index in [4.69, 9.17) is 0 Å². The van der Waals surface area contributed by atoms with Crippen molar-refractivity contribution in [3.8, 4) is 0 Å². The summed E-state index contributed by atoms with van der Waals surface area (Å²) in [5.74, 6) is -1.06. The van der Waals surface area contributed by atoms with Gasteiger partial charge in [-0.1, -0.05) is 18.2 Å². The summed E-state index contributed by atoms with van der Waals surface area (Å²) in [6.07, 6.45) is -0.315. The van der Waals surface area contributed by atoms with Crippen LogP contribution in [0.2, 0.25) is 0 Å². The average Bonchev–Trinajstić information content (AvgIpc) is 3.32. The summed E-state index contributed by atoms with van der Waals surface area (Å²) in [6, 6.07) is 9.19. The van der Waals surface area contributed by atoms with Crippen molar-refractivity contribution in [2.24, 2.45) is 5.92 Å². The number of carbonyl (C=O) groups is 1. The number of nitrogens with one attached hydrogen (secondary N) is 1. The van der Waals surface area contributed by atoms with Crippen molar-refractivity contribution >= 4 is 27.5 Å². The molecule has 2 heterocycles. The largest absolute Gasteiger partial charge is 0.416 e. The number of aromatic nitrogens is 2. The smallest absolute Gasteiger partial charge is 0.350 e. The first-order chi connectivity index (χ1) is 12.8. The average molecular weight is 438 g/mol. The normalized spacial score (nSPS) is 19.3. The lowest BCUT2D eigenvalue weighted by Gasteiger charge is -2.12. The third-order valence-electron chi connectivity index (χ3n) is 4.70. The van der Waals surface area contributed by atoms with Crippen LogP contribution in [0.3, 0.4) is 0 Å². The summed E-state index contributed by atoms with van der Waals surface area (Å²) in [6.45, 7) is 0.238. The lowest BCUT2D eigenvalue weighted by atomic mass is 10.0. The minimum absolute atomic E-state index is 0.197. The van der Waals surface area contributed by atoms with Crippen LogP contribution in [0.1, 0.15) is 29.2 Å². The maximum Gasteiger partial charge on any atom is 0.416 e. The van der Waals surface area contributed by atoms with Gasteiger partial charge in [0, 0.05) is 22.8 Å². The highest BCUT2D eigenvalue weighted by atomic mass is 79.9. The van der Waals surface area contributed by atoms with E-state index in [2.05, 4.69) is 26.2 Å². The molecule has 1 aliphatic rings. The Morgan fingerprint density at radius 2 is 2.00 bits per heavy atom. The molecule has 3 aromatic rings. The number of hydrogen-bond acceptors (Lipinski definition) is 2. The van der Waals surface area contributed by atoms with Gasteiger partial charge < -0.3 is 9.72 Å². The minimum atomic E-state index is -4.41. The fourth-order valence-corrected chi connectivity index (χ4v) is 3.67. The molecule has 2 aromatic heterocycles. The lowest BCUT2D eigenvalue weighted by Crippen LogP contribution is -2.25. The van der Waals surface area contributed by atoms with E-state index in [1.54, 1.807) is 6.07 Å². The summed E-state index contributed by atoms with van der Waals surface area (Å²) < 4.78 is 42.2. The molecule has 1 fully saturated rings. The van der Waals surface area contributed by atoms with Crippen LogP contribution in [0.5, 0.6) is 0 Å². The van der Waals surface area contributed by atoms with E-state index in [-0.39, 0.29) is 23.9 Å². The Kier molecular flexibility index (Phi) is 4.46. The van der Waals surface area contributed by atoms with E-state index in [0.717, 1.165) is 16.2 Å². The molecule has 0 spiro atoms. The molecule has 0 aliphatic heterocycles. The zero-order chi connectivity index (χ0) is 19.2. The summed E-state index contributed by atoms with van der Waals surface area (Å²) >= 11 is 3.38. The van der Waals surface area contributed by atoms with Gasteiger partial charge in [-0.2, -0.15) is 13.2 Å². The third kappa shape index (κ3) is 3.71. The molecule has 140 valence electrons. The van der Waals surface area contributed by atoms with Crippen LogP contribution < -0.4 is 5.32 Å². The molecule has 0 radical (unpaired) electrons. The van der Waals surface area contributed by atoms with Gasteiger partial charge in [-0.3, -0.25) is 4.79 Å². The van der Waals surface area contributed by atoms with Crippen molar-refractivity contribution in [2.75, 3.05) is 0 Å². The first-order valence-corrected chi connectivity index (χ1v) is 9.19. The molecular formula is C19H15BrF3N3O. The second-order valence-corrected chi connectivity index (χ2v) is 7.51. The number of amides is 1. The summed E-state index contributed by atoms with van der Waals surface area (Å²) in [4.78, 5) is 16.8. The van der Waals surface area contributed by atoms with Crippen LogP contribution in [-0.2, 0) is 17.5 Å². The Hall–Kier alpha value is -2.35. The van der Waals surface area contributed by atoms with Gasteiger partial charge in [-0.15, -0.1) is 0 Å². The number of carbonyl (C=O) groups excluding carboxylic acids is 1. The second-order valence-electron chi connectivity index (χ2n) is 6.60. The first kappa shape index (κ1) is 18.0. The van der Waals surface area contributed by atoms with Gasteiger partial charge in [0.1, 0.15) is 5.65 Å². The monoisotopic (exact) mass is 437 g/mol. The molecule has 27 heavy (non-hydrogen) atoms. The van der Waals surface area contributed by atoms with Gasteiger partial charge in [-0.25, -0.2) is 4.98 Å². The molecule has 0 saturated heterocycles. The highest BCUT2D eigenvalue weighted by Crippen LogP contribution is 2.51. The molecule has 2 atom stereocenters. The number of rotatable bonds is 4. The van der Waals surface area contributed by atoms with Gasteiger partial charge in [0.2, 0.25) is 5.91 Å². The fourth-order valence-electron chi connectivity index (χ4n) is 3.32. The van der Waals surface area contributed by atoms with Crippen molar-refractivity contribution in [2.45, 2.75) is 25.1 Å². The summed E-state index contributed by atoms with van der Waals surface area (Å²) in [5.41, 5.74) is 0.985. The highest BCUT2D eigenvalue weighted by molar-refractivity contribution is 9.10. The SMILES string of the molecule is O=C(NCc1cn2cc(Br)ccc2n1)[C@@H]1C[C@H]1c1ccccc1C(F)(F)F. The molecule has 4 nitrogen and oxygen atoms in total. The number of benzene rings is 1. The summed E-state index contributed by atoms with van der Waals surface area (Å²) in [7, 11) is 0. The predicted octanol–water partition coefficient (Wildman–Crippen LogP) is 4.54. The molecule has 1 amide bonds. The van der Waals surface area contributed by atoms with Crippen LogP contribution in [0.4, 0.5) is 13.2 Å². The number of hydrogen-bond donors (Lipinski definition) is 1. The molecular weight excluding hydrogens is 423 g/mol.